The van der Waals surface area contributed by atoms with Crippen LogP contribution in [0.15, 0.2) is 0 Å². The smallest absolute Gasteiger partial charge is 0.161 e. The highest BCUT2D eigenvalue weighted by atomic mass is 32.2. The van der Waals surface area contributed by atoms with Crippen LogP contribution >= 0.6 is 12.2 Å². The van der Waals surface area contributed by atoms with Crippen LogP contribution in [0.2, 0.25) is 0 Å². The van der Waals surface area contributed by atoms with Crippen LogP contribution in [0, 0.1) is 0 Å². The minimum atomic E-state index is -2.95. The maximum Gasteiger partial charge on any atom is 0.161 e. The van der Waals surface area contributed by atoms with Gasteiger partial charge in [-0.25, -0.2) is 8.42 Å². The number of hydrogen-bond acceptors (Lipinski definition) is 4. The van der Waals surface area contributed by atoms with Crippen molar-refractivity contribution in [3.63, 3.8) is 0 Å². The van der Waals surface area contributed by atoms with Crippen LogP contribution in [0.4, 0.5) is 0 Å². The topological polar surface area (TPSA) is 43.4 Å². The van der Waals surface area contributed by atoms with E-state index in [2.05, 4.69) is 0 Å². The molecule has 0 aliphatic carbocycles. The SMILES string of the molecule is CCCCS(=O)(=O)CCC(=S)OC(C)CC. The lowest BCUT2D eigenvalue weighted by molar-refractivity contribution is 0.205. The molecule has 5 heteroatoms. The monoisotopic (exact) mass is 266 g/mol. The van der Waals surface area contributed by atoms with Crippen LogP contribution in [-0.2, 0) is 14.6 Å². The summed E-state index contributed by atoms with van der Waals surface area (Å²) < 4.78 is 28.4. The van der Waals surface area contributed by atoms with Gasteiger partial charge in [0.2, 0.25) is 0 Å². The fourth-order valence-corrected chi connectivity index (χ4v) is 2.90. The van der Waals surface area contributed by atoms with Crippen molar-refractivity contribution < 1.29 is 13.2 Å². The molecule has 1 unspecified atom stereocenters. The fraction of sp³-hybridized carbons (Fsp3) is 0.909. The van der Waals surface area contributed by atoms with E-state index in [9.17, 15) is 8.42 Å². The van der Waals surface area contributed by atoms with Gasteiger partial charge in [0.05, 0.1) is 17.6 Å². The van der Waals surface area contributed by atoms with Crippen molar-refractivity contribution in [1.82, 2.24) is 0 Å². The Morgan fingerprint density at radius 1 is 1.31 bits per heavy atom. The molecule has 16 heavy (non-hydrogen) atoms. The van der Waals surface area contributed by atoms with Gasteiger partial charge in [-0.2, -0.15) is 0 Å². The van der Waals surface area contributed by atoms with Gasteiger partial charge in [-0.05, 0) is 32.0 Å². The minimum absolute atomic E-state index is 0.0749. The van der Waals surface area contributed by atoms with E-state index >= 15 is 0 Å². The molecule has 0 rings (SSSR count). The van der Waals surface area contributed by atoms with Crippen LogP contribution in [0.1, 0.15) is 46.5 Å². The summed E-state index contributed by atoms with van der Waals surface area (Å²) in [6, 6.07) is 0. The molecular formula is C11H22O3S2. The van der Waals surface area contributed by atoms with E-state index in [1.165, 1.54) is 0 Å². The van der Waals surface area contributed by atoms with Gasteiger partial charge in [0.15, 0.2) is 14.9 Å². The van der Waals surface area contributed by atoms with E-state index in [-0.39, 0.29) is 17.6 Å². The lowest BCUT2D eigenvalue weighted by atomic mass is 10.3. The molecule has 0 aromatic carbocycles. The summed E-state index contributed by atoms with van der Waals surface area (Å²) in [7, 11) is -2.95. The highest BCUT2D eigenvalue weighted by molar-refractivity contribution is 7.91. The number of hydrogen-bond donors (Lipinski definition) is 0. The van der Waals surface area contributed by atoms with Gasteiger partial charge in [-0.1, -0.05) is 20.3 Å². The first-order chi connectivity index (χ1) is 7.41. The molecule has 0 aliphatic heterocycles. The van der Waals surface area contributed by atoms with Gasteiger partial charge in [0.25, 0.3) is 0 Å². The number of unbranched alkanes of at least 4 members (excludes halogenated alkanes) is 1. The molecule has 0 saturated carbocycles. The summed E-state index contributed by atoms with van der Waals surface area (Å²) in [5.74, 6) is 0.373. The molecule has 3 nitrogen and oxygen atoms in total. The molecule has 0 spiro atoms. The largest absolute Gasteiger partial charge is 0.484 e. The Bertz CT molecular complexity index is 296. The maximum atomic E-state index is 11.5. The third-order valence-electron chi connectivity index (χ3n) is 2.33. The van der Waals surface area contributed by atoms with Crippen molar-refractivity contribution in [2.75, 3.05) is 11.5 Å². The molecule has 0 N–H and O–H groups in total. The first-order valence-electron chi connectivity index (χ1n) is 5.81. The van der Waals surface area contributed by atoms with Gasteiger partial charge < -0.3 is 4.74 Å². The summed E-state index contributed by atoms with van der Waals surface area (Å²) in [6.45, 7) is 5.91. The van der Waals surface area contributed by atoms with Crippen molar-refractivity contribution in [3.8, 4) is 0 Å². The molecule has 0 bridgehead atoms. The van der Waals surface area contributed by atoms with Crippen LogP contribution < -0.4 is 0 Å². The zero-order chi connectivity index (χ0) is 12.6. The van der Waals surface area contributed by atoms with E-state index in [4.69, 9.17) is 17.0 Å². The second-order valence-corrected chi connectivity index (χ2v) is 6.72. The van der Waals surface area contributed by atoms with Crippen molar-refractivity contribution in [2.24, 2.45) is 0 Å². The van der Waals surface area contributed by atoms with E-state index in [0.29, 0.717) is 11.5 Å². The van der Waals surface area contributed by atoms with Crippen LogP contribution in [-0.4, -0.2) is 31.1 Å². The molecular weight excluding hydrogens is 244 g/mol. The fourth-order valence-electron chi connectivity index (χ4n) is 1.07. The van der Waals surface area contributed by atoms with Crippen molar-refractivity contribution in [3.05, 3.63) is 0 Å². The molecule has 0 amide bonds. The highest BCUT2D eigenvalue weighted by Gasteiger charge is 2.12. The molecule has 0 aromatic rings. The Labute approximate surface area is 104 Å². The van der Waals surface area contributed by atoms with Gasteiger partial charge >= 0.3 is 0 Å². The lowest BCUT2D eigenvalue weighted by Crippen LogP contribution is -2.18. The zero-order valence-electron chi connectivity index (χ0n) is 10.4. The summed E-state index contributed by atoms with van der Waals surface area (Å²) in [4.78, 5) is 0. The van der Waals surface area contributed by atoms with Gasteiger partial charge in [0, 0.05) is 6.42 Å². The van der Waals surface area contributed by atoms with Gasteiger partial charge in [-0.15, -0.1) is 0 Å². The standard InChI is InChI=1S/C11H22O3S2/c1-4-6-8-16(12,13)9-7-11(15)14-10(3)5-2/h10H,4-9H2,1-3H3. The highest BCUT2D eigenvalue weighted by Crippen LogP contribution is 2.04. The van der Waals surface area contributed by atoms with Crippen LogP contribution in [0.3, 0.4) is 0 Å². The Hall–Kier alpha value is -0.160. The predicted molar refractivity (Wildman–Crippen MR) is 71.6 cm³/mol. The first-order valence-corrected chi connectivity index (χ1v) is 8.04. The quantitative estimate of drug-likeness (QED) is 0.634. The number of sulfone groups is 1. The third-order valence-corrected chi connectivity index (χ3v) is 4.37. The molecule has 1 atom stereocenters. The normalized spacial score (nSPS) is 13.4. The van der Waals surface area contributed by atoms with Crippen molar-refractivity contribution in [1.29, 1.82) is 0 Å². The average molecular weight is 266 g/mol. The number of thiocarbonyl (C=S) groups is 1. The van der Waals surface area contributed by atoms with Gasteiger partial charge in [-0.3, -0.25) is 0 Å². The summed E-state index contributed by atoms with van der Waals surface area (Å²) in [5.41, 5.74) is 0. The summed E-state index contributed by atoms with van der Waals surface area (Å²) in [6.07, 6.45) is 2.91. The molecule has 0 saturated heterocycles. The lowest BCUT2D eigenvalue weighted by Gasteiger charge is -2.13. The second-order valence-electron chi connectivity index (χ2n) is 3.96. The van der Waals surface area contributed by atoms with Crippen LogP contribution in [0.25, 0.3) is 0 Å². The molecule has 0 heterocycles. The van der Waals surface area contributed by atoms with E-state index in [0.717, 1.165) is 19.3 Å². The molecule has 96 valence electrons. The molecule has 0 aromatic heterocycles. The second kappa shape index (κ2) is 8.01. The van der Waals surface area contributed by atoms with E-state index in [1.54, 1.807) is 0 Å². The minimum Gasteiger partial charge on any atom is -0.484 e. The van der Waals surface area contributed by atoms with Gasteiger partial charge in [0.1, 0.15) is 0 Å². The third kappa shape index (κ3) is 8.05. The van der Waals surface area contributed by atoms with E-state index in [1.807, 2.05) is 20.8 Å². The van der Waals surface area contributed by atoms with Crippen molar-refractivity contribution >= 4 is 27.1 Å². The summed E-state index contributed by atoms with van der Waals surface area (Å²) >= 11 is 4.99. The Morgan fingerprint density at radius 3 is 2.44 bits per heavy atom. The maximum absolute atomic E-state index is 11.5. The van der Waals surface area contributed by atoms with Crippen molar-refractivity contribution in [2.45, 2.75) is 52.6 Å². The Morgan fingerprint density at radius 2 is 1.94 bits per heavy atom. The van der Waals surface area contributed by atoms with Crippen LogP contribution in [0.5, 0.6) is 0 Å². The first kappa shape index (κ1) is 15.8. The predicted octanol–water partition coefficient (Wildman–Crippen LogP) is 2.73. The molecule has 0 fully saturated rings. The molecule has 0 radical (unpaired) electrons. The zero-order valence-corrected chi connectivity index (χ0v) is 12.0. The number of ether oxygens (including phenoxy) is 1. The van der Waals surface area contributed by atoms with E-state index < -0.39 is 9.84 Å². The Kier molecular flexibility index (Phi) is 7.93. The average Bonchev–Trinajstić information content (AvgIpc) is 2.24. The number of rotatable bonds is 8. The molecule has 0 aliphatic rings. The Balaban J connectivity index is 3.91. The summed E-state index contributed by atoms with van der Waals surface area (Å²) in [5, 5.41) is 0.412.